The fourth-order valence-electron chi connectivity index (χ4n) is 1.69. The first-order valence-corrected chi connectivity index (χ1v) is 6.93. The number of halogens is 1. The summed E-state index contributed by atoms with van der Waals surface area (Å²) in [6.07, 6.45) is 4.91. The summed E-state index contributed by atoms with van der Waals surface area (Å²) >= 11 is 7.58. The van der Waals surface area contributed by atoms with Crippen molar-refractivity contribution in [1.82, 2.24) is 9.55 Å². The molecule has 0 aromatic carbocycles. The molecular weight excluding hydrogens is 254 g/mol. The summed E-state index contributed by atoms with van der Waals surface area (Å²) in [5, 5.41) is 3.32. The Balaban J connectivity index is 2.18. The number of thiophene rings is 1. The summed E-state index contributed by atoms with van der Waals surface area (Å²) in [7, 11) is 0. The monoisotopic (exact) mass is 269 g/mol. The molecule has 2 heterocycles. The van der Waals surface area contributed by atoms with E-state index in [1.165, 1.54) is 4.88 Å². The molecule has 2 rings (SSSR count). The molecule has 3 nitrogen and oxygen atoms in total. The van der Waals surface area contributed by atoms with E-state index in [0.29, 0.717) is 0 Å². The first kappa shape index (κ1) is 12.5. The van der Waals surface area contributed by atoms with Crippen LogP contribution in [-0.4, -0.2) is 16.1 Å². The zero-order chi connectivity index (χ0) is 12.3. The smallest absolute Gasteiger partial charge is 0.203 e. The van der Waals surface area contributed by atoms with Crippen molar-refractivity contribution in [3.63, 3.8) is 0 Å². The summed E-state index contributed by atoms with van der Waals surface area (Å²) in [5.41, 5.74) is 0. The Labute approximate surface area is 110 Å². The summed E-state index contributed by atoms with van der Waals surface area (Å²) < 4.78 is 2.97. The maximum Gasteiger partial charge on any atom is 0.203 e. The molecule has 1 atom stereocenters. The molecule has 0 fully saturated rings. The summed E-state index contributed by atoms with van der Waals surface area (Å²) in [6, 6.07) is 4.27. The SMILES string of the molecule is CCCNc1nccn1C(C)c1ccc(Cl)s1. The highest BCUT2D eigenvalue weighted by atomic mass is 35.5. The number of hydrogen-bond donors (Lipinski definition) is 1. The van der Waals surface area contributed by atoms with Gasteiger partial charge in [0.2, 0.25) is 5.95 Å². The van der Waals surface area contributed by atoms with Gasteiger partial charge >= 0.3 is 0 Å². The molecule has 17 heavy (non-hydrogen) atoms. The zero-order valence-corrected chi connectivity index (χ0v) is 11.6. The van der Waals surface area contributed by atoms with E-state index in [0.717, 1.165) is 23.3 Å². The third kappa shape index (κ3) is 2.82. The normalized spacial score (nSPS) is 12.6. The molecule has 0 aliphatic heterocycles. The fourth-order valence-corrected chi connectivity index (χ4v) is 2.80. The van der Waals surface area contributed by atoms with Crippen LogP contribution in [0.3, 0.4) is 0 Å². The van der Waals surface area contributed by atoms with Crippen molar-refractivity contribution >= 4 is 28.9 Å². The van der Waals surface area contributed by atoms with Gasteiger partial charge in [-0.2, -0.15) is 0 Å². The van der Waals surface area contributed by atoms with Crippen molar-refractivity contribution in [2.75, 3.05) is 11.9 Å². The van der Waals surface area contributed by atoms with E-state index in [2.05, 4.69) is 34.8 Å². The van der Waals surface area contributed by atoms with Gasteiger partial charge in [0, 0.05) is 23.8 Å². The van der Waals surface area contributed by atoms with Crippen molar-refractivity contribution in [3.8, 4) is 0 Å². The van der Waals surface area contributed by atoms with E-state index in [4.69, 9.17) is 11.6 Å². The quantitative estimate of drug-likeness (QED) is 0.888. The van der Waals surface area contributed by atoms with Crippen LogP contribution in [-0.2, 0) is 0 Å². The summed E-state index contributed by atoms with van der Waals surface area (Å²) in [6.45, 7) is 5.23. The molecule has 0 radical (unpaired) electrons. The topological polar surface area (TPSA) is 29.9 Å². The largest absolute Gasteiger partial charge is 0.356 e. The van der Waals surface area contributed by atoms with Crippen LogP contribution < -0.4 is 5.32 Å². The molecule has 0 saturated heterocycles. The van der Waals surface area contributed by atoms with Gasteiger partial charge < -0.3 is 9.88 Å². The number of imidazole rings is 1. The molecule has 0 aliphatic rings. The molecule has 2 aromatic heterocycles. The maximum absolute atomic E-state index is 5.97. The Kier molecular flexibility index (Phi) is 4.07. The van der Waals surface area contributed by atoms with Crippen molar-refractivity contribution in [2.45, 2.75) is 26.3 Å². The molecule has 0 bridgehead atoms. The predicted molar refractivity (Wildman–Crippen MR) is 74.1 cm³/mol. The van der Waals surface area contributed by atoms with Crippen molar-refractivity contribution in [1.29, 1.82) is 0 Å². The minimum absolute atomic E-state index is 0.259. The lowest BCUT2D eigenvalue weighted by Crippen LogP contribution is -2.11. The maximum atomic E-state index is 5.97. The lowest BCUT2D eigenvalue weighted by Gasteiger charge is -2.15. The highest BCUT2D eigenvalue weighted by molar-refractivity contribution is 7.16. The second-order valence-corrected chi connectivity index (χ2v) is 5.65. The van der Waals surface area contributed by atoms with E-state index in [1.807, 2.05) is 18.5 Å². The van der Waals surface area contributed by atoms with E-state index >= 15 is 0 Å². The molecule has 1 N–H and O–H groups in total. The minimum Gasteiger partial charge on any atom is -0.356 e. The van der Waals surface area contributed by atoms with Crippen LogP contribution in [0.15, 0.2) is 24.5 Å². The molecular formula is C12H16ClN3S. The molecule has 0 saturated carbocycles. The van der Waals surface area contributed by atoms with Gasteiger partial charge in [0.25, 0.3) is 0 Å². The second kappa shape index (κ2) is 5.56. The van der Waals surface area contributed by atoms with Crippen LogP contribution in [0.25, 0.3) is 0 Å². The molecule has 2 aromatic rings. The van der Waals surface area contributed by atoms with Gasteiger partial charge in [-0.15, -0.1) is 11.3 Å². The van der Waals surface area contributed by atoms with E-state index in [9.17, 15) is 0 Å². The molecule has 0 amide bonds. The number of anilines is 1. The third-order valence-electron chi connectivity index (χ3n) is 2.62. The van der Waals surface area contributed by atoms with E-state index in [-0.39, 0.29) is 6.04 Å². The molecule has 1 unspecified atom stereocenters. The number of hydrogen-bond acceptors (Lipinski definition) is 3. The van der Waals surface area contributed by atoms with Crippen LogP contribution in [0.4, 0.5) is 5.95 Å². The van der Waals surface area contributed by atoms with Crippen molar-refractivity contribution in [2.24, 2.45) is 0 Å². The third-order valence-corrected chi connectivity index (χ3v) is 4.03. The first-order chi connectivity index (χ1) is 8.22. The van der Waals surface area contributed by atoms with Gasteiger partial charge in [0.05, 0.1) is 10.4 Å². The summed E-state index contributed by atoms with van der Waals surface area (Å²) in [4.78, 5) is 5.57. The Morgan fingerprint density at radius 2 is 2.35 bits per heavy atom. The molecule has 0 aliphatic carbocycles. The molecule has 0 spiro atoms. The Morgan fingerprint density at radius 1 is 1.53 bits per heavy atom. The Bertz CT molecular complexity index is 478. The second-order valence-electron chi connectivity index (χ2n) is 3.90. The molecule has 92 valence electrons. The predicted octanol–water partition coefficient (Wildman–Crippen LogP) is 4.03. The van der Waals surface area contributed by atoms with Gasteiger partial charge in [-0.25, -0.2) is 4.98 Å². The Hall–Kier alpha value is -1.000. The standard InChI is InChI=1S/C12H16ClN3S/c1-3-6-14-12-15-7-8-16(12)9(2)10-4-5-11(13)17-10/h4-5,7-9H,3,6H2,1-2H3,(H,14,15). The van der Waals surface area contributed by atoms with Gasteiger partial charge in [-0.1, -0.05) is 18.5 Å². The van der Waals surface area contributed by atoms with Crippen LogP contribution in [0.1, 0.15) is 31.2 Å². The number of nitrogens with zero attached hydrogens (tertiary/aromatic N) is 2. The highest BCUT2D eigenvalue weighted by Gasteiger charge is 2.13. The minimum atomic E-state index is 0.259. The van der Waals surface area contributed by atoms with Crippen LogP contribution in [0, 0.1) is 0 Å². The van der Waals surface area contributed by atoms with Crippen LogP contribution in [0.5, 0.6) is 0 Å². The van der Waals surface area contributed by atoms with Gasteiger partial charge in [-0.3, -0.25) is 0 Å². The Morgan fingerprint density at radius 3 is 3.00 bits per heavy atom. The van der Waals surface area contributed by atoms with E-state index < -0.39 is 0 Å². The zero-order valence-electron chi connectivity index (χ0n) is 9.98. The van der Waals surface area contributed by atoms with Crippen LogP contribution in [0.2, 0.25) is 4.34 Å². The highest BCUT2D eigenvalue weighted by Crippen LogP contribution is 2.30. The lowest BCUT2D eigenvalue weighted by atomic mass is 10.3. The number of rotatable bonds is 5. The average molecular weight is 270 g/mol. The average Bonchev–Trinajstić information content (AvgIpc) is 2.94. The van der Waals surface area contributed by atoms with Crippen LogP contribution >= 0.6 is 22.9 Å². The number of aromatic nitrogens is 2. The number of nitrogens with one attached hydrogen (secondary N) is 1. The van der Waals surface area contributed by atoms with Gasteiger partial charge in [-0.05, 0) is 25.5 Å². The summed E-state index contributed by atoms with van der Waals surface area (Å²) in [5.74, 6) is 0.920. The first-order valence-electron chi connectivity index (χ1n) is 5.74. The fraction of sp³-hybridized carbons (Fsp3) is 0.417. The molecule has 5 heteroatoms. The van der Waals surface area contributed by atoms with Gasteiger partial charge in [0.1, 0.15) is 0 Å². The lowest BCUT2D eigenvalue weighted by molar-refractivity contribution is 0.653. The van der Waals surface area contributed by atoms with Gasteiger partial charge in [0.15, 0.2) is 0 Å². The van der Waals surface area contributed by atoms with Crippen molar-refractivity contribution in [3.05, 3.63) is 33.7 Å². The van der Waals surface area contributed by atoms with E-state index in [1.54, 1.807) is 11.3 Å². The van der Waals surface area contributed by atoms with Crippen molar-refractivity contribution < 1.29 is 0 Å².